The van der Waals surface area contributed by atoms with E-state index in [9.17, 15) is 9.59 Å². The average molecular weight is 388 g/mol. The van der Waals surface area contributed by atoms with Crippen LogP contribution >= 0.6 is 0 Å². The summed E-state index contributed by atoms with van der Waals surface area (Å²) in [5.41, 5.74) is 4.09. The van der Waals surface area contributed by atoms with Gasteiger partial charge in [0.25, 0.3) is 0 Å². The average Bonchev–Trinajstić information content (AvgIpc) is 3.16. The van der Waals surface area contributed by atoms with Crippen molar-refractivity contribution < 1.29 is 14.3 Å². The zero-order chi connectivity index (χ0) is 20.8. The van der Waals surface area contributed by atoms with Gasteiger partial charge in [-0.25, -0.2) is 4.79 Å². The minimum Gasteiger partial charge on any atom is -0.447 e. The van der Waals surface area contributed by atoms with Crippen molar-refractivity contribution >= 4 is 23.1 Å². The number of cyclic esters (lactones) is 1. The molecule has 1 fully saturated rings. The second-order valence-electron chi connectivity index (χ2n) is 7.02. The number of ketones is 1. The topological polar surface area (TPSA) is 70.4 Å². The Bertz CT molecular complexity index is 984. The SMILES string of the molecule is CCCCC(=O)/C(=C(\c1ccc(C#N)cc1)N1CCOC1=O)c1ccccc1C. The number of allylic oxidation sites excluding steroid dienone is 1. The van der Waals surface area contributed by atoms with Crippen LogP contribution in [-0.4, -0.2) is 29.9 Å². The van der Waals surface area contributed by atoms with E-state index in [1.165, 1.54) is 4.90 Å². The predicted molar refractivity (Wildman–Crippen MR) is 112 cm³/mol. The Morgan fingerprint density at radius 2 is 1.90 bits per heavy atom. The molecule has 5 nitrogen and oxygen atoms in total. The zero-order valence-corrected chi connectivity index (χ0v) is 16.8. The van der Waals surface area contributed by atoms with E-state index in [2.05, 4.69) is 6.07 Å². The largest absolute Gasteiger partial charge is 0.447 e. The molecule has 0 bridgehead atoms. The quantitative estimate of drug-likeness (QED) is 0.497. The van der Waals surface area contributed by atoms with Crippen LogP contribution in [0.4, 0.5) is 4.79 Å². The standard InChI is InChI=1S/C24H24N2O3/c1-3-4-9-21(27)22(20-8-6-5-7-17(20)2)23(26-14-15-29-24(26)28)19-12-10-18(16-25)11-13-19/h5-8,10-13H,3-4,9,14-15H2,1-2H3/b23-22+. The molecule has 0 saturated carbocycles. The fraction of sp³-hybridized carbons (Fsp3) is 0.292. The number of ether oxygens (including phenoxy) is 1. The minimum atomic E-state index is -0.460. The molecule has 2 aromatic rings. The lowest BCUT2D eigenvalue weighted by atomic mass is 9.90. The van der Waals surface area contributed by atoms with E-state index in [1.807, 2.05) is 38.1 Å². The van der Waals surface area contributed by atoms with Crippen LogP contribution in [0, 0.1) is 18.3 Å². The first-order chi connectivity index (χ1) is 14.1. The van der Waals surface area contributed by atoms with Crippen LogP contribution in [-0.2, 0) is 9.53 Å². The van der Waals surface area contributed by atoms with Gasteiger partial charge >= 0.3 is 6.09 Å². The van der Waals surface area contributed by atoms with Gasteiger partial charge in [-0.15, -0.1) is 0 Å². The maximum absolute atomic E-state index is 13.4. The van der Waals surface area contributed by atoms with E-state index >= 15 is 0 Å². The van der Waals surface area contributed by atoms with Crippen molar-refractivity contribution in [3.63, 3.8) is 0 Å². The highest BCUT2D eigenvalue weighted by atomic mass is 16.6. The van der Waals surface area contributed by atoms with Crippen LogP contribution < -0.4 is 0 Å². The van der Waals surface area contributed by atoms with Crippen LogP contribution in [0.2, 0.25) is 0 Å². The number of hydrogen-bond acceptors (Lipinski definition) is 4. The molecule has 1 heterocycles. The highest BCUT2D eigenvalue weighted by molar-refractivity contribution is 6.28. The summed E-state index contributed by atoms with van der Waals surface area (Å²) in [5.74, 6) is 0.000194. The van der Waals surface area contributed by atoms with Gasteiger partial charge in [0.2, 0.25) is 0 Å². The zero-order valence-electron chi connectivity index (χ0n) is 16.8. The molecule has 1 saturated heterocycles. The number of hydrogen-bond donors (Lipinski definition) is 0. The van der Waals surface area contributed by atoms with Crippen molar-refractivity contribution in [1.29, 1.82) is 5.26 Å². The van der Waals surface area contributed by atoms with Crippen LogP contribution in [0.3, 0.4) is 0 Å². The fourth-order valence-electron chi connectivity index (χ4n) is 3.46. The summed E-state index contributed by atoms with van der Waals surface area (Å²) in [6.07, 6.45) is 1.63. The van der Waals surface area contributed by atoms with Crippen LogP contribution in [0.25, 0.3) is 11.3 Å². The summed E-state index contributed by atoms with van der Waals surface area (Å²) in [5, 5.41) is 9.13. The number of nitrogens with zero attached hydrogens (tertiary/aromatic N) is 2. The summed E-state index contributed by atoms with van der Waals surface area (Å²) >= 11 is 0. The third-order valence-electron chi connectivity index (χ3n) is 5.01. The first kappa shape index (κ1) is 20.3. The molecular formula is C24H24N2O3. The van der Waals surface area contributed by atoms with Crippen molar-refractivity contribution in [2.75, 3.05) is 13.2 Å². The molecule has 148 valence electrons. The van der Waals surface area contributed by atoms with E-state index in [1.54, 1.807) is 24.3 Å². The maximum atomic E-state index is 13.4. The Morgan fingerprint density at radius 1 is 1.17 bits per heavy atom. The number of benzene rings is 2. The van der Waals surface area contributed by atoms with Gasteiger partial charge in [-0.05, 0) is 42.2 Å². The van der Waals surface area contributed by atoms with Gasteiger partial charge in [0, 0.05) is 12.0 Å². The molecule has 5 heteroatoms. The molecule has 1 aliphatic heterocycles. The van der Waals surface area contributed by atoms with Crippen molar-refractivity contribution in [2.45, 2.75) is 33.1 Å². The summed E-state index contributed by atoms with van der Waals surface area (Å²) in [4.78, 5) is 27.4. The Kier molecular flexibility index (Phi) is 6.46. The molecule has 0 radical (unpaired) electrons. The molecule has 0 aromatic heterocycles. The fourth-order valence-corrected chi connectivity index (χ4v) is 3.46. The van der Waals surface area contributed by atoms with Crippen LogP contribution in [0.5, 0.6) is 0 Å². The smallest absolute Gasteiger partial charge is 0.414 e. The van der Waals surface area contributed by atoms with Gasteiger partial charge in [-0.3, -0.25) is 9.69 Å². The summed E-state index contributed by atoms with van der Waals surface area (Å²) < 4.78 is 5.18. The molecule has 0 unspecified atom stereocenters. The predicted octanol–water partition coefficient (Wildman–Crippen LogP) is 4.95. The van der Waals surface area contributed by atoms with Gasteiger partial charge in [0.05, 0.1) is 23.9 Å². The van der Waals surface area contributed by atoms with E-state index in [0.717, 1.165) is 24.0 Å². The van der Waals surface area contributed by atoms with Crippen LogP contribution in [0.15, 0.2) is 48.5 Å². The van der Waals surface area contributed by atoms with Crippen molar-refractivity contribution in [3.05, 3.63) is 70.8 Å². The lowest BCUT2D eigenvalue weighted by Gasteiger charge is -2.23. The second kappa shape index (κ2) is 9.20. The summed E-state index contributed by atoms with van der Waals surface area (Å²) in [6.45, 7) is 4.67. The van der Waals surface area contributed by atoms with E-state index in [4.69, 9.17) is 10.00 Å². The number of nitriles is 1. The number of carbonyl (C=O) groups excluding carboxylic acids is 2. The van der Waals surface area contributed by atoms with E-state index in [-0.39, 0.29) is 12.4 Å². The number of carbonyl (C=O) groups is 2. The third kappa shape index (κ3) is 4.38. The number of rotatable bonds is 7. The molecule has 2 aromatic carbocycles. The highest BCUT2D eigenvalue weighted by Gasteiger charge is 2.31. The van der Waals surface area contributed by atoms with Gasteiger partial charge in [-0.1, -0.05) is 49.7 Å². The summed E-state index contributed by atoms with van der Waals surface area (Å²) in [6, 6.07) is 16.8. The second-order valence-corrected chi connectivity index (χ2v) is 7.02. The van der Waals surface area contributed by atoms with Gasteiger partial charge < -0.3 is 4.74 Å². The molecule has 1 aliphatic rings. The number of Topliss-reactive ketones (excluding diaryl/α,β-unsaturated/α-hetero) is 1. The number of unbranched alkanes of at least 4 members (excludes halogenated alkanes) is 1. The molecular weight excluding hydrogens is 364 g/mol. The molecule has 0 atom stereocenters. The summed E-state index contributed by atoms with van der Waals surface area (Å²) in [7, 11) is 0. The Labute approximate surface area is 171 Å². The monoisotopic (exact) mass is 388 g/mol. The van der Waals surface area contributed by atoms with Crippen molar-refractivity contribution in [1.82, 2.24) is 4.90 Å². The number of amides is 1. The van der Waals surface area contributed by atoms with Crippen molar-refractivity contribution in [2.24, 2.45) is 0 Å². The highest BCUT2D eigenvalue weighted by Crippen LogP contribution is 2.34. The Balaban J connectivity index is 2.28. The molecule has 0 spiro atoms. The molecule has 0 aliphatic carbocycles. The first-order valence-corrected chi connectivity index (χ1v) is 9.85. The van der Waals surface area contributed by atoms with E-state index < -0.39 is 6.09 Å². The first-order valence-electron chi connectivity index (χ1n) is 9.85. The van der Waals surface area contributed by atoms with Gasteiger partial charge in [0.15, 0.2) is 5.78 Å². The minimum absolute atomic E-state index is 0.000194. The van der Waals surface area contributed by atoms with E-state index in [0.29, 0.717) is 35.4 Å². The van der Waals surface area contributed by atoms with Gasteiger partial charge in [0.1, 0.15) is 6.61 Å². The van der Waals surface area contributed by atoms with Crippen LogP contribution in [0.1, 0.15) is 48.4 Å². The molecule has 3 rings (SSSR count). The van der Waals surface area contributed by atoms with Crippen molar-refractivity contribution in [3.8, 4) is 6.07 Å². The maximum Gasteiger partial charge on any atom is 0.414 e. The lowest BCUT2D eigenvalue weighted by Crippen LogP contribution is -2.25. The Morgan fingerprint density at radius 3 is 2.48 bits per heavy atom. The third-order valence-corrected chi connectivity index (χ3v) is 5.01. The molecule has 0 N–H and O–H groups in total. The lowest BCUT2D eigenvalue weighted by molar-refractivity contribution is -0.113. The normalized spacial score (nSPS) is 14.2. The molecule has 1 amide bonds. The Hall–Kier alpha value is -3.39. The van der Waals surface area contributed by atoms with Gasteiger partial charge in [-0.2, -0.15) is 5.26 Å². The number of aryl methyl sites for hydroxylation is 1. The molecule has 29 heavy (non-hydrogen) atoms.